The average Bonchev–Trinajstić information content (AvgIpc) is 3.02. The van der Waals surface area contributed by atoms with Gasteiger partial charge in [-0.25, -0.2) is 0 Å². The van der Waals surface area contributed by atoms with Crippen molar-refractivity contribution in [2.24, 2.45) is 0 Å². The molecule has 0 spiro atoms. The molecule has 0 N–H and O–H groups in total. The summed E-state index contributed by atoms with van der Waals surface area (Å²) in [6, 6.07) is 48.4. The van der Waals surface area contributed by atoms with Gasteiger partial charge in [-0.1, -0.05) is 115 Å². The van der Waals surface area contributed by atoms with Crippen molar-refractivity contribution >= 4 is 11.4 Å². The Balaban J connectivity index is 1.36. The molecule has 0 atom stereocenters. The maximum absolute atomic E-state index is 2.31. The summed E-state index contributed by atoms with van der Waals surface area (Å²) in [4.78, 5) is 2.28. The molecule has 0 aliphatic rings. The molecular formula is C41H37N. The molecule has 0 saturated carbocycles. The highest BCUT2D eigenvalue weighted by Gasteiger charge is 2.16. The summed E-state index contributed by atoms with van der Waals surface area (Å²) in [5.74, 6) is 0. The van der Waals surface area contributed by atoms with Gasteiger partial charge in [0.05, 0.1) is 0 Å². The smallest absolute Gasteiger partial charge is 0.0444 e. The number of para-hydroxylation sites is 1. The summed E-state index contributed by atoms with van der Waals surface area (Å²) in [5, 5.41) is 0. The van der Waals surface area contributed by atoms with Gasteiger partial charge in [-0.05, 0) is 113 Å². The Hall–Kier alpha value is -4.88. The van der Waals surface area contributed by atoms with Gasteiger partial charge in [0.2, 0.25) is 0 Å². The Morgan fingerprint density at radius 3 is 1.71 bits per heavy atom. The zero-order valence-corrected chi connectivity index (χ0v) is 25.1. The highest BCUT2D eigenvalue weighted by Crippen LogP contribution is 2.40. The maximum atomic E-state index is 2.31. The SMILES string of the molecule is Cc1ccccc1-c1ccc(-c2ccc(-c3cccc(C)c3-c3cccc(N(C)c4ccccc4)c3C)cc2)cc1C. The number of rotatable bonds is 6. The summed E-state index contributed by atoms with van der Waals surface area (Å²) >= 11 is 0. The van der Waals surface area contributed by atoms with Crippen LogP contribution >= 0.6 is 0 Å². The first-order valence-corrected chi connectivity index (χ1v) is 14.7. The Morgan fingerprint density at radius 2 is 0.976 bits per heavy atom. The van der Waals surface area contributed by atoms with E-state index in [1.165, 1.54) is 78.1 Å². The number of aryl methyl sites for hydroxylation is 3. The number of nitrogens with zero attached hydrogens (tertiary/aromatic N) is 1. The van der Waals surface area contributed by atoms with Gasteiger partial charge in [-0.2, -0.15) is 0 Å². The third-order valence-electron chi connectivity index (χ3n) is 8.54. The second-order valence-corrected chi connectivity index (χ2v) is 11.3. The van der Waals surface area contributed by atoms with Gasteiger partial charge in [-0.3, -0.25) is 0 Å². The first-order valence-electron chi connectivity index (χ1n) is 14.7. The predicted octanol–water partition coefficient (Wildman–Crippen LogP) is 11.4. The van der Waals surface area contributed by atoms with Crippen molar-refractivity contribution < 1.29 is 0 Å². The average molecular weight is 544 g/mol. The summed E-state index contributed by atoms with van der Waals surface area (Å²) in [6.07, 6.45) is 0. The van der Waals surface area contributed by atoms with Crippen LogP contribution in [0.3, 0.4) is 0 Å². The van der Waals surface area contributed by atoms with Crippen LogP contribution < -0.4 is 4.90 Å². The number of anilines is 2. The van der Waals surface area contributed by atoms with Crippen LogP contribution in [-0.4, -0.2) is 7.05 Å². The van der Waals surface area contributed by atoms with Crippen molar-refractivity contribution in [2.45, 2.75) is 27.7 Å². The molecule has 0 aliphatic carbocycles. The lowest BCUT2D eigenvalue weighted by molar-refractivity contribution is 1.18. The normalized spacial score (nSPS) is 11.0. The van der Waals surface area contributed by atoms with Crippen LogP contribution in [0.5, 0.6) is 0 Å². The van der Waals surface area contributed by atoms with Gasteiger partial charge in [-0.15, -0.1) is 0 Å². The second kappa shape index (κ2) is 11.5. The number of hydrogen-bond acceptors (Lipinski definition) is 1. The first-order chi connectivity index (χ1) is 20.4. The van der Waals surface area contributed by atoms with E-state index in [0.717, 1.165) is 0 Å². The van der Waals surface area contributed by atoms with E-state index in [2.05, 4.69) is 173 Å². The lowest BCUT2D eigenvalue weighted by atomic mass is 9.87. The first kappa shape index (κ1) is 27.3. The van der Waals surface area contributed by atoms with E-state index >= 15 is 0 Å². The van der Waals surface area contributed by atoms with E-state index in [-0.39, 0.29) is 0 Å². The van der Waals surface area contributed by atoms with Gasteiger partial charge >= 0.3 is 0 Å². The third kappa shape index (κ3) is 5.15. The fourth-order valence-corrected chi connectivity index (χ4v) is 6.18. The van der Waals surface area contributed by atoms with E-state index in [1.54, 1.807) is 0 Å². The van der Waals surface area contributed by atoms with Crippen LogP contribution in [0.1, 0.15) is 22.3 Å². The molecule has 1 heteroatoms. The van der Waals surface area contributed by atoms with E-state index in [0.29, 0.717) is 0 Å². The lowest BCUT2D eigenvalue weighted by Gasteiger charge is -2.24. The zero-order valence-electron chi connectivity index (χ0n) is 25.1. The van der Waals surface area contributed by atoms with Crippen LogP contribution in [-0.2, 0) is 0 Å². The molecule has 42 heavy (non-hydrogen) atoms. The molecule has 0 fully saturated rings. The van der Waals surface area contributed by atoms with Gasteiger partial charge in [0, 0.05) is 18.4 Å². The molecule has 6 aromatic rings. The van der Waals surface area contributed by atoms with Gasteiger partial charge < -0.3 is 4.90 Å². The molecule has 0 radical (unpaired) electrons. The van der Waals surface area contributed by atoms with E-state index in [4.69, 9.17) is 0 Å². The molecule has 6 aromatic carbocycles. The number of hydrogen-bond donors (Lipinski definition) is 0. The largest absolute Gasteiger partial charge is 0.344 e. The minimum Gasteiger partial charge on any atom is -0.344 e. The Kier molecular flexibility index (Phi) is 7.50. The van der Waals surface area contributed by atoms with Crippen molar-refractivity contribution in [3.8, 4) is 44.5 Å². The van der Waals surface area contributed by atoms with Gasteiger partial charge in [0.1, 0.15) is 0 Å². The van der Waals surface area contributed by atoms with Crippen LogP contribution in [0.15, 0.2) is 133 Å². The molecule has 0 aromatic heterocycles. The van der Waals surface area contributed by atoms with E-state index < -0.39 is 0 Å². The highest BCUT2D eigenvalue weighted by atomic mass is 15.1. The second-order valence-electron chi connectivity index (χ2n) is 11.3. The molecule has 0 unspecified atom stereocenters. The number of benzene rings is 6. The summed E-state index contributed by atoms with van der Waals surface area (Å²) in [5.41, 5.74) is 17.7. The minimum absolute atomic E-state index is 1.18. The summed E-state index contributed by atoms with van der Waals surface area (Å²) in [7, 11) is 2.15. The van der Waals surface area contributed by atoms with Gasteiger partial charge in [0.15, 0.2) is 0 Å². The van der Waals surface area contributed by atoms with Crippen LogP contribution in [0.4, 0.5) is 11.4 Å². The molecule has 0 bridgehead atoms. The summed E-state index contributed by atoms with van der Waals surface area (Å²) < 4.78 is 0. The van der Waals surface area contributed by atoms with E-state index in [1.807, 2.05) is 0 Å². The van der Waals surface area contributed by atoms with Gasteiger partial charge in [0.25, 0.3) is 0 Å². The fourth-order valence-electron chi connectivity index (χ4n) is 6.18. The molecule has 0 heterocycles. The van der Waals surface area contributed by atoms with Crippen LogP contribution in [0.25, 0.3) is 44.5 Å². The molecule has 0 aliphatic heterocycles. The van der Waals surface area contributed by atoms with Crippen molar-refractivity contribution in [2.75, 3.05) is 11.9 Å². The summed E-state index contributed by atoms with van der Waals surface area (Å²) in [6.45, 7) is 8.86. The third-order valence-corrected chi connectivity index (χ3v) is 8.54. The minimum atomic E-state index is 1.18. The predicted molar refractivity (Wildman–Crippen MR) is 182 cm³/mol. The maximum Gasteiger partial charge on any atom is 0.0444 e. The molecule has 206 valence electrons. The highest BCUT2D eigenvalue weighted by molar-refractivity contribution is 5.90. The van der Waals surface area contributed by atoms with Crippen LogP contribution in [0.2, 0.25) is 0 Å². The van der Waals surface area contributed by atoms with Crippen molar-refractivity contribution in [1.82, 2.24) is 0 Å². The quantitative estimate of drug-likeness (QED) is 0.202. The zero-order chi connectivity index (χ0) is 29.2. The fraction of sp³-hybridized carbons (Fsp3) is 0.122. The molecule has 0 saturated heterocycles. The van der Waals surface area contributed by atoms with Crippen molar-refractivity contribution in [1.29, 1.82) is 0 Å². The molecular weight excluding hydrogens is 506 g/mol. The van der Waals surface area contributed by atoms with Crippen molar-refractivity contribution in [3.05, 3.63) is 156 Å². The lowest BCUT2D eigenvalue weighted by Crippen LogP contribution is -2.11. The monoisotopic (exact) mass is 543 g/mol. The Labute approximate surface area is 250 Å². The topological polar surface area (TPSA) is 3.24 Å². The Morgan fingerprint density at radius 1 is 0.405 bits per heavy atom. The molecule has 1 nitrogen and oxygen atoms in total. The van der Waals surface area contributed by atoms with Crippen LogP contribution in [0, 0.1) is 27.7 Å². The molecule has 6 rings (SSSR count). The molecule has 0 amide bonds. The van der Waals surface area contributed by atoms with E-state index in [9.17, 15) is 0 Å². The Bertz CT molecular complexity index is 1860. The standard InChI is InChI=1S/C41H37N/c1-28-13-9-10-17-36(28)37-26-25-34(27-30(37)3)32-21-23-33(24-22-32)39-19-11-14-29(2)41(39)38-18-12-20-40(31(38)4)42(5)35-15-7-6-8-16-35/h6-27H,1-5H3. The van der Waals surface area contributed by atoms with Crippen molar-refractivity contribution in [3.63, 3.8) is 0 Å².